The monoisotopic (exact) mass is 472 g/mol. The predicted octanol–water partition coefficient (Wildman–Crippen LogP) is 2.91. The van der Waals surface area contributed by atoms with Gasteiger partial charge in [0.05, 0.1) is 11.7 Å². The molecule has 0 unspecified atom stereocenters. The summed E-state index contributed by atoms with van der Waals surface area (Å²) >= 11 is 5.31. The molecule has 0 bridgehead atoms. The van der Waals surface area contributed by atoms with Gasteiger partial charge in [0.15, 0.2) is 5.11 Å². The zero-order chi connectivity index (χ0) is 24.7. The average molecular weight is 473 g/mol. The van der Waals surface area contributed by atoms with E-state index in [0.717, 1.165) is 28.2 Å². The van der Waals surface area contributed by atoms with Crippen LogP contribution in [0.5, 0.6) is 0 Å². The molecule has 0 saturated carbocycles. The number of aromatic nitrogens is 1. The largest absolute Gasteiger partial charge is 0.545 e. The van der Waals surface area contributed by atoms with Gasteiger partial charge in [0.25, 0.3) is 11.8 Å². The van der Waals surface area contributed by atoms with Crippen LogP contribution in [0.15, 0.2) is 54.1 Å². The van der Waals surface area contributed by atoms with Crippen LogP contribution in [-0.2, 0) is 9.59 Å². The van der Waals surface area contributed by atoms with E-state index >= 15 is 0 Å². The molecule has 7 nitrogen and oxygen atoms in total. The fourth-order valence-corrected chi connectivity index (χ4v) is 4.49. The number of hydrogen-bond donors (Lipinski definition) is 1. The Morgan fingerprint density at radius 2 is 1.56 bits per heavy atom. The molecule has 172 valence electrons. The lowest BCUT2D eigenvalue weighted by atomic mass is 10.1. The van der Waals surface area contributed by atoms with Gasteiger partial charge in [0.1, 0.15) is 5.57 Å². The number of carboxylic acids is 1. The van der Waals surface area contributed by atoms with Crippen molar-refractivity contribution >= 4 is 46.9 Å². The van der Waals surface area contributed by atoms with Crippen LogP contribution in [0.3, 0.4) is 0 Å². The molecular formula is C26H22N3O4S-. The standard InChI is InChI=1S/C26H23N3O4S/c1-14-9-15(2)11-21(10-14)29-24(31)22(23(30)27-26(29)34)13-19-12-16(3)28(17(19)4)20-7-5-18(6-8-20)25(32)33/h5-13H,1-4H3,(H,32,33)(H,27,30,34)/p-1/b22-13+. The molecule has 0 atom stereocenters. The Morgan fingerprint density at radius 1 is 0.941 bits per heavy atom. The van der Waals surface area contributed by atoms with Gasteiger partial charge in [-0.3, -0.25) is 19.8 Å². The minimum Gasteiger partial charge on any atom is -0.545 e. The van der Waals surface area contributed by atoms with Gasteiger partial charge in [-0.1, -0.05) is 18.2 Å². The van der Waals surface area contributed by atoms with Gasteiger partial charge in [0, 0.05) is 17.1 Å². The Bertz CT molecular complexity index is 1380. The minimum atomic E-state index is -1.24. The normalized spacial score (nSPS) is 15.1. The maximum atomic E-state index is 13.4. The molecule has 1 aliphatic heterocycles. The van der Waals surface area contributed by atoms with E-state index in [9.17, 15) is 19.5 Å². The zero-order valence-corrected chi connectivity index (χ0v) is 19.9. The molecule has 0 aliphatic carbocycles. The molecule has 1 N–H and O–H groups in total. The van der Waals surface area contributed by atoms with E-state index in [1.54, 1.807) is 18.2 Å². The number of hydrogen-bond acceptors (Lipinski definition) is 5. The highest BCUT2D eigenvalue weighted by atomic mass is 32.1. The molecule has 1 saturated heterocycles. The molecule has 4 rings (SSSR count). The zero-order valence-electron chi connectivity index (χ0n) is 19.1. The Morgan fingerprint density at radius 3 is 2.15 bits per heavy atom. The summed E-state index contributed by atoms with van der Waals surface area (Å²) < 4.78 is 1.92. The maximum Gasteiger partial charge on any atom is 0.270 e. The van der Waals surface area contributed by atoms with Crippen molar-refractivity contribution in [3.63, 3.8) is 0 Å². The number of amides is 2. The fourth-order valence-electron chi connectivity index (χ4n) is 4.20. The van der Waals surface area contributed by atoms with Crippen LogP contribution < -0.4 is 15.3 Å². The molecule has 0 spiro atoms. The highest BCUT2D eigenvalue weighted by molar-refractivity contribution is 7.80. The van der Waals surface area contributed by atoms with Crippen LogP contribution in [0.4, 0.5) is 5.69 Å². The fraction of sp³-hybridized carbons (Fsp3) is 0.154. The summed E-state index contributed by atoms with van der Waals surface area (Å²) in [6.07, 6.45) is 1.56. The van der Waals surface area contributed by atoms with Crippen LogP contribution >= 0.6 is 12.2 Å². The topological polar surface area (TPSA) is 94.5 Å². The van der Waals surface area contributed by atoms with Crippen molar-refractivity contribution < 1.29 is 19.5 Å². The number of benzene rings is 2. The van der Waals surface area contributed by atoms with Gasteiger partial charge < -0.3 is 14.5 Å². The lowest BCUT2D eigenvalue weighted by Crippen LogP contribution is -2.54. The summed E-state index contributed by atoms with van der Waals surface area (Å²) in [6, 6.07) is 13.9. The van der Waals surface area contributed by atoms with Gasteiger partial charge in [0.2, 0.25) is 0 Å². The molecule has 0 radical (unpaired) electrons. The Hall–Kier alpha value is -4.04. The van der Waals surface area contributed by atoms with E-state index in [1.807, 2.05) is 56.5 Å². The van der Waals surface area contributed by atoms with E-state index in [0.29, 0.717) is 11.3 Å². The summed E-state index contributed by atoms with van der Waals surface area (Å²) in [6.45, 7) is 7.61. The van der Waals surface area contributed by atoms with Crippen LogP contribution in [0.25, 0.3) is 11.8 Å². The van der Waals surface area contributed by atoms with E-state index < -0.39 is 17.8 Å². The van der Waals surface area contributed by atoms with Gasteiger partial charge in [-0.2, -0.15) is 0 Å². The Kier molecular flexibility index (Phi) is 5.93. The highest BCUT2D eigenvalue weighted by Crippen LogP contribution is 2.27. The van der Waals surface area contributed by atoms with E-state index in [-0.39, 0.29) is 16.2 Å². The molecular weight excluding hydrogens is 450 g/mol. The Balaban J connectivity index is 1.75. The number of aryl methyl sites for hydroxylation is 3. The summed E-state index contributed by atoms with van der Waals surface area (Å²) in [5, 5.41) is 13.7. The molecule has 1 aliphatic rings. The van der Waals surface area contributed by atoms with Crippen molar-refractivity contribution in [3.8, 4) is 5.69 Å². The quantitative estimate of drug-likeness (QED) is 0.358. The third-order valence-corrected chi connectivity index (χ3v) is 5.98. The van der Waals surface area contributed by atoms with Crippen molar-refractivity contribution in [3.05, 3.63) is 87.7 Å². The third kappa shape index (κ3) is 4.15. The first-order chi connectivity index (χ1) is 16.1. The second-order valence-corrected chi connectivity index (χ2v) is 8.69. The Labute approximate surface area is 202 Å². The van der Waals surface area contributed by atoms with Crippen molar-refractivity contribution in [2.45, 2.75) is 27.7 Å². The van der Waals surface area contributed by atoms with Gasteiger partial charge >= 0.3 is 0 Å². The summed E-state index contributed by atoms with van der Waals surface area (Å²) in [5.74, 6) is -2.30. The van der Waals surface area contributed by atoms with Crippen molar-refractivity contribution in [2.24, 2.45) is 0 Å². The number of carbonyl (C=O) groups is 3. The van der Waals surface area contributed by atoms with Crippen molar-refractivity contribution in [2.75, 3.05) is 4.90 Å². The third-order valence-electron chi connectivity index (χ3n) is 5.70. The molecule has 8 heteroatoms. The number of anilines is 1. The number of carboxylic acid groups (broad SMARTS) is 1. The number of nitrogens with one attached hydrogen (secondary N) is 1. The number of nitrogens with zero attached hydrogens (tertiary/aromatic N) is 2. The smallest absolute Gasteiger partial charge is 0.270 e. The minimum absolute atomic E-state index is 0.0275. The summed E-state index contributed by atoms with van der Waals surface area (Å²) in [7, 11) is 0. The summed E-state index contributed by atoms with van der Waals surface area (Å²) in [4.78, 5) is 38.5. The number of carbonyl (C=O) groups excluding carboxylic acids is 3. The molecule has 2 aromatic carbocycles. The van der Waals surface area contributed by atoms with E-state index in [4.69, 9.17) is 12.2 Å². The van der Waals surface area contributed by atoms with E-state index in [2.05, 4.69) is 5.32 Å². The van der Waals surface area contributed by atoms with Crippen LogP contribution in [0, 0.1) is 27.7 Å². The van der Waals surface area contributed by atoms with Gasteiger partial charge in [-0.15, -0.1) is 0 Å². The average Bonchev–Trinajstić information content (AvgIpc) is 3.03. The first kappa shape index (κ1) is 23.1. The molecule has 2 heterocycles. The van der Waals surface area contributed by atoms with E-state index in [1.165, 1.54) is 17.0 Å². The first-order valence-corrected chi connectivity index (χ1v) is 11.0. The predicted molar refractivity (Wildman–Crippen MR) is 132 cm³/mol. The SMILES string of the molecule is Cc1cc(C)cc(N2C(=O)/C(=C/c3cc(C)n(-c4ccc(C(=O)[O-])cc4)c3C)C(=O)NC2=S)c1. The second-order valence-electron chi connectivity index (χ2n) is 8.30. The summed E-state index contributed by atoms with van der Waals surface area (Å²) in [5.41, 5.74) is 5.68. The van der Waals surface area contributed by atoms with Crippen LogP contribution in [-0.4, -0.2) is 27.5 Å². The number of thiocarbonyl (C=S) groups is 1. The van der Waals surface area contributed by atoms with Gasteiger partial charge in [-0.05, 0) is 98.6 Å². The molecule has 1 fully saturated rings. The maximum absolute atomic E-state index is 13.4. The van der Waals surface area contributed by atoms with Crippen molar-refractivity contribution in [1.29, 1.82) is 0 Å². The van der Waals surface area contributed by atoms with Gasteiger partial charge in [-0.25, -0.2) is 0 Å². The van der Waals surface area contributed by atoms with Crippen LogP contribution in [0.1, 0.15) is 38.4 Å². The number of aromatic carboxylic acids is 1. The number of rotatable bonds is 4. The lowest BCUT2D eigenvalue weighted by Gasteiger charge is -2.29. The van der Waals surface area contributed by atoms with Crippen molar-refractivity contribution in [1.82, 2.24) is 9.88 Å². The second kappa shape index (κ2) is 8.72. The van der Waals surface area contributed by atoms with Crippen LogP contribution in [0.2, 0.25) is 0 Å². The molecule has 34 heavy (non-hydrogen) atoms. The molecule has 3 aromatic rings. The molecule has 2 amide bonds. The highest BCUT2D eigenvalue weighted by Gasteiger charge is 2.35. The lowest BCUT2D eigenvalue weighted by molar-refractivity contribution is -0.255. The first-order valence-electron chi connectivity index (χ1n) is 10.6. The molecule has 1 aromatic heterocycles.